The first kappa shape index (κ1) is 26.6. The van der Waals surface area contributed by atoms with Gasteiger partial charge < -0.3 is 15.4 Å². The summed E-state index contributed by atoms with van der Waals surface area (Å²) < 4.78 is 6.43. The number of carbonyl (C=O) groups is 1. The molecular formula is C30H39N5O2. The number of nitrogens with two attached hydrogens (primary N) is 1. The maximum Gasteiger partial charge on any atom is 0.231 e. The van der Waals surface area contributed by atoms with Crippen LogP contribution in [0.4, 0.5) is 5.82 Å². The number of benzene rings is 2. The normalized spacial score (nSPS) is 18.3. The van der Waals surface area contributed by atoms with Crippen LogP contribution >= 0.6 is 0 Å². The summed E-state index contributed by atoms with van der Waals surface area (Å²) in [5.74, 6) is 2.60. The zero-order chi connectivity index (χ0) is 26.7. The van der Waals surface area contributed by atoms with E-state index in [1.807, 2.05) is 37.3 Å². The van der Waals surface area contributed by atoms with Crippen LogP contribution in [0.15, 0.2) is 48.5 Å². The Bertz CT molecular complexity index is 1240. The quantitative estimate of drug-likeness (QED) is 0.475. The fourth-order valence-electron chi connectivity index (χ4n) is 4.90. The summed E-state index contributed by atoms with van der Waals surface area (Å²) in [5, 5.41) is 0. The van der Waals surface area contributed by atoms with Gasteiger partial charge in [0.2, 0.25) is 5.91 Å². The molecule has 37 heavy (non-hydrogen) atoms. The number of primary amides is 1. The van der Waals surface area contributed by atoms with Gasteiger partial charge in [-0.2, -0.15) is 0 Å². The van der Waals surface area contributed by atoms with Crippen LogP contribution in [0, 0.1) is 13.8 Å². The molecule has 2 atom stereocenters. The third-order valence-electron chi connectivity index (χ3n) is 7.22. The number of nitrogens with zero attached hydrogens (tertiary/aromatic N) is 4. The molecule has 196 valence electrons. The highest BCUT2D eigenvalue weighted by Crippen LogP contribution is 2.31. The number of carbonyl (C=O) groups excluding carboxylic acids is 1. The largest absolute Gasteiger partial charge is 0.488 e. The van der Waals surface area contributed by atoms with Crippen molar-refractivity contribution in [3.05, 3.63) is 70.9 Å². The number of aromatic nitrogens is 2. The number of anilines is 1. The number of hydrogen-bond acceptors (Lipinski definition) is 6. The van der Waals surface area contributed by atoms with Crippen molar-refractivity contribution in [3.8, 4) is 17.1 Å². The van der Waals surface area contributed by atoms with Gasteiger partial charge in [0.25, 0.3) is 0 Å². The van der Waals surface area contributed by atoms with Crippen LogP contribution < -0.4 is 15.4 Å². The Morgan fingerprint density at radius 1 is 1.05 bits per heavy atom. The van der Waals surface area contributed by atoms with Crippen LogP contribution in [0.2, 0.25) is 0 Å². The SMILES string of the molecule is Cc1ccc(C(C)C)cc1OCc1c(C)nc(-c2ccccc2)nc1N1C[C@H](C)N(CC(N)=O)C[C@H]1C. The number of hydrogen-bond donors (Lipinski definition) is 1. The van der Waals surface area contributed by atoms with Gasteiger partial charge in [-0.1, -0.05) is 56.3 Å². The molecule has 2 N–H and O–H groups in total. The molecule has 0 saturated carbocycles. The van der Waals surface area contributed by atoms with Gasteiger partial charge in [-0.25, -0.2) is 9.97 Å². The maximum absolute atomic E-state index is 11.6. The van der Waals surface area contributed by atoms with Gasteiger partial charge in [-0.15, -0.1) is 0 Å². The Labute approximate surface area is 220 Å². The van der Waals surface area contributed by atoms with Crippen molar-refractivity contribution in [1.82, 2.24) is 14.9 Å². The Hall–Kier alpha value is -3.45. The lowest BCUT2D eigenvalue weighted by Gasteiger charge is -2.45. The lowest BCUT2D eigenvalue weighted by atomic mass is 10.0. The molecule has 1 fully saturated rings. The van der Waals surface area contributed by atoms with Crippen molar-refractivity contribution in [2.24, 2.45) is 5.73 Å². The summed E-state index contributed by atoms with van der Waals surface area (Å²) in [6, 6.07) is 16.8. The smallest absolute Gasteiger partial charge is 0.231 e. The summed E-state index contributed by atoms with van der Waals surface area (Å²) in [6.07, 6.45) is 0. The zero-order valence-electron chi connectivity index (χ0n) is 22.9. The Morgan fingerprint density at radius 3 is 2.46 bits per heavy atom. The van der Waals surface area contributed by atoms with Crippen molar-refractivity contribution in [1.29, 1.82) is 0 Å². The molecule has 0 spiro atoms. The summed E-state index contributed by atoms with van der Waals surface area (Å²) in [6.45, 7) is 14.9. The van der Waals surface area contributed by atoms with E-state index in [2.05, 4.69) is 62.6 Å². The van der Waals surface area contributed by atoms with Crippen molar-refractivity contribution in [3.63, 3.8) is 0 Å². The average molecular weight is 502 g/mol. The molecule has 1 aliphatic heterocycles. The third kappa shape index (κ3) is 6.10. The van der Waals surface area contributed by atoms with Crippen LogP contribution in [-0.2, 0) is 11.4 Å². The first-order valence-electron chi connectivity index (χ1n) is 13.1. The predicted octanol–water partition coefficient (Wildman–Crippen LogP) is 4.85. The molecule has 0 bridgehead atoms. The van der Waals surface area contributed by atoms with Crippen molar-refractivity contribution in [2.75, 3.05) is 24.5 Å². The fourth-order valence-corrected chi connectivity index (χ4v) is 4.90. The molecule has 2 aromatic carbocycles. The van der Waals surface area contributed by atoms with Crippen LogP contribution in [0.3, 0.4) is 0 Å². The van der Waals surface area contributed by atoms with E-state index in [1.54, 1.807) is 0 Å². The molecule has 4 rings (SSSR count). The summed E-state index contributed by atoms with van der Waals surface area (Å²) in [4.78, 5) is 26.1. The minimum Gasteiger partial charge on any atom is -0.488 e. The van der Waals surface area contributed by atoms with E-state index in [0.29, 0.717) is 18.3 Å². The molecule has 0 unspecified atom stereocenters. The molecule has 1 aliphatic rings. The molecule has 1 aromatic heterocycles. The van der Waals surface area contributed by atoms with E-state index in [-0.39, 0.29) is 24.5 Å². The Kier molecular flexibility index (Phi) is 8.13. The van der Waals surface area contributed by atoms with Gasteiger partial charge >= 0.3 is 0 Å². The molecular weight excluding hydrogens is 462 g/mol. The number of ether oxygens (including phenoxy) is 1. The topological polar surface area (TPSA) is 84.6 Å². The van der Waals surface area contributed by atoms with Gasteiger partial charge in [0, 0.05) is 30.7 Å². The summed E-state index contributed by atoms with van der Waals surface area (Å²) >= 11 is 0. The molecule has 2 heterocycles. The van der Waals surface area contributed by atoms with E-state index >= 15 is 0 Å². The second kappa shape index (κ2) is 11.3. The Balaban J connectivity index is 1.71. The minimum absolute atomic E-state index is 0.137. The highest BCUT2D eigenvalue weighted by Gasteiger charge is 2.32. The number of aryl methyl sites for hydroxylation is 2. The lowest BCUT2D eigenvalue weighted by molar-refractivity contribution is -0.119. The molecule has 0 radical (unpaired) electrons. The molecule has 7 heteroatoms. The van der Waals surface area contributed by atoms with Crippen molar-refractivity contribution < 1.29 is 9.53 Å². The zero-order valence-corrected chi connectivity index (χ0v) is 22.9. The maximum atomic E-state index is 11.6. The van der Waals surface area contributed by atoms with Crippen LogP contribution in [0.1, 0.15) is 56.0 Å². The van der Waals surface area contributed by atoms with E-state index in [0.717, 1.165) is 47.0 Å². The van der Waals surface area contributed by atoms with E-state index in [4.69, 9.17) is 20.4 Å². The monoisotopic (exact) mass is 501 g/mol. The van der Waals surface area contributed by atoms with E-state index < -0.39 is 0 Å². The van der Waals surface area contributed by atoms with Gasteiger partial charge in [0.1, 0.15) is 18.2 Å². The van der Waals surface area contributed by atoms with E-state index in [9.17, 15) is 4.79 Å². The van der Waals surface area contributed by atoms with Gasteiger partial charge in [0.05, 0.1) is 17.8 Å². The van der Waals surface area contributed by atoms with Gasteiger partial charge in [-0.3, -0.25) is 9.69 Å². The van der Waals surface area contributed by atoms with Crippen LogP contribution in [0.25, 0.3) is 11.4 Å². The minimum atomic E-state index is -0.301. The molecule has 1 saturated heterocycles. The van der Waals surface area contributed by atoms with Crippen LogP contribution in [-0.4, -0.2) is 52.5 Å². The third-order valence-corrected chi connectivity index (χ3v) is 7.22. The predicted molar refractivity (Wildman–Crippen MR) is 149 cm³/mol. The Morgan fingerprint density at radius 2 is 1.78 bits per heavy atom. The lowest BCUT2D eigenvalue weighted by Crippen LogP contribution is -2.58. The summed E-state index contributed by atoms with van der Waals surface area (Å²) in [7, 11) is 0. The summed E-state index contributed by atoms with van der Waals surface area (Å²) in [5.41, 5.74) is 10.7. The van der Waals surface area contributed by atoms with Crippen molar-refractivity contribution >= 4 is 11.7 Å². The second-order valence-electron chi connectivity index (χ2n) is 10.5. The fraction of sp³-hybridized carbons (Fsp3) is 0.433. The number of rotatable bonds is 8. The van der Waals surface area contributed by atoms with Crippen molar-refractivity contribution in [2.45, 2.75) is 66.2 Å². The second-order valence-corrected chi connectivity index (χ2v) is 10.5. The van der Waals surface area contributed by atoms with Gasteiger partial charge in [0.15, 0.2) is 5.82 Å². The van der Waals surface area contributed by atoms with E-state index in [1.165, 1.54) is 5.56 Å². The highest BCUT2D eigenvalue weighted by atomic mass is 16.5. The molecule has 7 nitrogen and oxygen atoms in total. The first-order valence-corrected chi connectivity index (χ1v) is 13.1. The van der Waals surface area contributed by atoms with Crippen LogP contribution in [0.5, 0.6) is 5.75 Å². The first-order chi connectivity index (χ1) is 17.6. The number of amides is 1. The van der Waals surface area contributed by atoms with Gasteiger partial charge in [-0.05, 0) is 50.8 Å². The highest BCUT2D eigenvalue weighted by molar-refractivity contribution is 5.76. The average Bonchev–Trinajstić information content (AvgIpc) is 2.86. The molecule has 0 aliphatic carbocycles. The number of piperazine rings is 1. The standard InChI is InChI=1S/C30H39N5O2/c1-19(2)25-13-12-20(3)27(14-25)37-18-26-23(6)32-29(24-10-8-7-9-11-24)33-30(26)35-16-21(4)34(15-22(35)5)17-28(31)36/h7-14,19,21-22H,15-18H2,1-6H3,(H2,31,36)/t21-,22+/m0/s1. The molecule has 1 amide bonds. The molecule has 3 aromatic rings.